The fraction of sp³-hybridized carbons (Fsp3) is 0.481. The molecule has 170 valence electrons. The summed E-state index contributed by atoms with van der Waals surface area (Å²) in [5, 5.41) is 3.03. The molecule has 2 amide bonds. The topological polar surface area (TPSA) is 52.7 Å². The summed E-state index contributed by atoms with van der Waals surface area (Å²) in [4.78, 5) is 30.0. The predicted molar refractivity (Wildman–Crippen MR) is 128 cm³/mol. The monoisotopic (exact) mass is 433 g/mol. The van der Waals surface area contributed by atoms with Crippen molar-refractivity contribution < 1.29 is 9.59 Å². The Morgan fingerprint density at radius 2 is 1.81 bits per heavy atom. The van der Waals surface area contributed by atoms with Crippen molar-refractivity contribution in [3.05, 3.63) is 69.8 Å². The van der Waals surface area contributed by atoms with Gasteiger partial charge in [0.1, 0.15) is 0 Å². The summed E-state index contributed by atoms with van der Waals surface area (Å²) < 4.78 is 0. The van der Waals surface area contributed by atoms with Gasteiger partial charge >= 0.3 is 0 Å². The number of carbonyl (C=O) groups is 2. The first-order valence-corrected chi connectivity index (χ1v) is 11.9. The molecular weight excluding hydrogens is 398 g/mol. The fourth-order valence-electron chi connectivity index (χ4n) is 4.98. The molecular formula is C27H35N3O2. The summed E-state index contributed by atoms with van der Waals surface area (Å²) in [6.45, 7) is 11.0. The number of likely N-dealkylation sites (tertiary alicyclic amines) is 1. The molecule has 0 spiro atoms. The molecule has 1 N–H and O–H groups in total. The van der Waals surface area contributed by atoms with Gasteiger partial charge in [0.15, 0.2) is 0 Å². The Morgan fingerprint density at radius 3 is 2.59 bits per heavy atom. The van der Waals surface area contributed by atoms with Crippen LogP contribution in [-0.2, 0) is 17.8 Å². The number of carbonyl (C=O) groups excluding carboxylic acids is 2. The molecule has 0 aliphatic carbocycles. The van der Waals surface area contributed by atoms with Gasteiger partial charge in [-0.1, -0.05) is 29.8 Å². The van der Waals surface area contributed by atoms with Gasteiger partial charge in [-0.3, -0.25) is 9.59 Å². The van der Waals surface area contributed by atoms with Gasteiger partial charge in [-0.15, -0.1) is 0 Å². The van der Waals surface area contributed by atoms with Crippen LogP contribution in [0.25, 0.3) is 0 Å². The number of rotatable bonds is 5. The van der Waals surface area contributed by atoms with Crippen molar-refractivity contribution in [3.8, 4) is 0 Å². The molecule has 5 heteroatoms. The third kappa shape index (κ3) is 5.21. The largest absolute Gasteiger partial charge is 0.351 e. The number of fused-ring (bicyclic) bond motifs is 1. The van der Waals surface area contributed by atoms with Gasteiger partial charge in [-0.05, 0) is 81.0 Å². The third-order valence-corrected chi connectivity index (χ3v) is 6.99. The minimum absolute atomic E-state index is 0.0316. The summed E-state index contributed by atoms with van der Waals surface area (Å²) >= 11 is 0. The molecule has 2 aliphatic rings. The Labute approximate surface area is 191 Å². The van der Waals surface area contributed by atoms with Crippen molar-refractivity contribution in [2.24, 2.45) is 5.92 Å². The quantitative estimate of drug-likeness (QED) is 0.783. The molecule has 2 aliphatic heterocycles. The molecule has 1 atom stereocenters. The molecule has 1 saturated heterocycles. The van der Waals surface area contributed by atoms with Gasteiger partial charge < -0.3 is 15.1 Å². The average molecular weight is 434 g/mol. The summed E-state index contributed by atoms with van der Waals surface area (Å²) in [5.74, 6) is 0.322. The van der Waals surface area contributed by atoms with Crippen LogP contribution in [0.3, 0.4) is 0 Å². The van der Waals surface area contributed by atoms with Crippen LogP contribution >= 0.6 is 0 Å². The molecule has 2 aromatic carbocycles. The Morgan fingerprint density at radius 1 is 1.03 bits per heavy atom. The molecule has 4 rings (SSSR count). The van der Waals surface area contributed by atoms with E-state index in [1.165, 1.54) is 22.3 Å². The lowest BCUT2D eigenvalue weighted by atomic mass is 9.92. The maximum Gasteiger partial charge on any atom is 0.251 e. The maximum atomic E-state index is 13.3. The van der Waals surface area contributed by atoms with E-state index in [4.69, 9.17) is 0 Å². The number of piperidine rings is 1. The van der Waals surface area contributed by atoms with E-state index < -0.39 is 0 Å². The number of aryl methyl sites for hydroxylation is 3. The van der Waals surface area contributed by atoms with Crippen LogP contribution in [0.2, 0.25) is 0 Å². The highest BCUT2D eigenvalue weighted by molar-refractivity contribution is 5.94. The number of benzene rings is 2. The van der Waals surface area contributed by atoms with Crippen molar-refractivity contribution in [2.45, 2.75) is 46.6 Å². The van der Waals surface area contributed by atoms with Crippen LogP contribution in [0.1, 0.15) is 51.0 Å². The van der Waals surface area contributed by atoms with Gasteiger partial charge in [-0.2, -0.15) is 0 Å². The minimum Gasteiger partial charge on any atom is -0.351 e. The van der Waals surface area contributed by atoms with Crippen LogP contribution in [0.4, 0.5) is 0 Å². The first-order chi connectivity index (χ1) is 15.4. The Balaban J connectivity index is 1.28. The first kappa shape index (κ1) is 22.5. The van der Waals surface area contributed by atoms with E-state index >= 15 is 0 Å². The summed E-state index contributed by atoms with van der Waals surface area (Å²) in [6.07, 6.45) is 2.94. The van der Waals surface area contributed by atoms with Gasteiger partial charge in [0.05, 0.1) is 5.92 Å². The fourth-order valence-corrected chi connectivity index (χ4v) is 4.98. The van der Waals surface area contributed by atoms with Crippen LogP contribution in [0.15, 0.2) is 36.4 Å². The van der Waals surface area contributed by atoms with Gasteiger partial charge in [-0.25, -0.2) is 0 Å². The number of amides is 2. The van der Waals surface area contributed by atoms with Crippen molar-refractivity contribution >= 4 is 11.8 Å². The van der Waals surface area contributed by atoms with Crippen molar-refractivity contribution in [1.29, 1.82) is 0 Å². The van der Waals surface area contributed by atoms with Crippen LogP contribution in [0, 0.1) is 26.7 Å². The van der Waals surface area contributed by atoms with Crippen LogP contribution in [0.5, 0.6) is 0 Å². The molecule has 1 fully saturated rings. The SMILES string of the molecule is Cc1cccc(C(=O)NCCN2CCC[C@@H](C(=O)N3CCc4cc(C)c(C)cc4C3)C2)c1. The van der Waals surface area contributed by atoms with Crippen molar-refractivity contribution in [1.82, 2.24) is 15.1 Å². The average Bonchev–Trinajstić information content (AvgIpc) is 2.79. The molecule has 32 heavy (non-hydrogen) atoms. The molecule has 0 aromatic heterocycles. The lowest BCUT2D eigenvalue weighted by Crippen LogP contribution is -2.47. The molecule has 0 radical (unpaired) electrons. The zero-order chi connectivity index (χ0) is 22.7. The Kier molecular flexibility index (Phi) is 6.95. The lowest BCUT2D eigenvalue weighted by Gasteiger charge is -2.37. The van der Waals surface area contributed by atoms with Gasteiger partial charge in [0.2, 0.25) is 5.91 Å². The predicted octanol–water partition coefficient (Wildman–Crippen LogP) is 3.64. The highest BCUT2D eigenvalue weighted by Crippen LogP contribution is 2.26. The van der Waals surface area contributed by atoms with E-state index in [0.717, 1.165) is 57.5 Å². The smallest absolute Gasteiger partial charge is 0.251 e. The van der Waals surface area contributed by atoms with Gasteiger partial charge in [0.25, 0.3) is 5.91 Å². The second-order valence-electron chi connectivity index (χ2n) is 9.48. The van der Waals surface area contributed by atoms with E-state index in [9.17, 15) is 9.59 Å². The molecule has 0 unspecified atom stereocenters. The number of nitrogens with one attached hydrogen (secondary N) is 1. The number of nitrogens with zero attached hydrogens (tertiary/aromatic N) is 2. The lowest BCUT2D eigenvalue weighted by molar-refractivity contribution is -0.138. The number of hydrogen-bond donors (Lipinski definition) is 1. The standard InChI is InChI=1S/C27H35N3O2/c1-19-6-4-7-23(14-19)26(31)28-10-13-29-11-5-8-24(17-29)27(32)30-12-9-22-15-20(2)21(3)16-25(22)18-30/h4,6-7,14-16,24H,5,8-13,17-18H2,1-3H3,(H,28,31)/t24-/m1/s1. The van der Waals surface area contributed by atoms with E-state index in [1.807, 2.05) is 31.2 Å². The first-order valence-electron chi connectivity index (χ1n) is 11.9. The van der Waals surface area contributed by atoms with E-state index in [1.54, 1.807) is 0 Å². The Bertz CT molecular complexity index is 1000. The van der Waals surface area contributed by atoms with E-state index in [-0.39, 0.29) is 11.8 Å². The highest BCUT2D eigenvalue weighted by atomic mass is 16.2. The normalized spacial score (nSPS) is 18.8. The molecule has 0 bridgehead atoms. The van der Waals surface area contributed by atoms with E-state index in [0.29, 0.717) is 18.0 Å². The zero-order valence-corrected chi connectivity index (χ0v) is 19.6. The minimum atomic E-state index is -0.0316. The van der Waals surface area contributed by atoms with Gasteiger partial charge in [0, 0.05) is 38.3 Å². The Hall–Kier alpha value is -2.66. The molecule has 2 heterocycles. The molecule has 0 saturated carbocycles. The second-order valence-corrected chi connectivity index (χ2v) is 9.48. The third-order valence-electron chi connectivity index (χ3n) is 6.99. The van der Waals surface area contributed by atoms with Crippen molar-refractivity contribution in [3.63, 3.8) is 0 Å². The van der Waals surface area contributed by atoms with E-state index in [2.05, 4.69) is 41.1 Å². The van der Waals surface area contributed by atoms with Crippen LogP contribution < -0.4 is 5.32 Å². The second kappa shape index (κ2) is 9.86. The summed E-state index contributed by atoms with van der Waals surface area (Å²) in [7, 11) is 0. The van der Waals surface area contributed by atoms with Crippen molar-refractivity contribution in [2.75, 3.05) is 32.7 Å². The molecule has 2 aromatic rings. The summed E-state index contributed by atoms with van der Waals surface area (Å²) in [5.41, 5.74) is 7.12. The summed E-state index contributed by atoms with van der Waals surface area (Å²) in [6, 6.07) is 12.2. The zero-order valence-electron chi connectivity index (χ0n) is 19.6. The maximum absolute atomic E-state index is 13.3. The highest BCUT2D eigenvalue weighted by Gasteiger charge is 2.31. The van der Waals surface area contributed by atoms with Crippen LogP contribution in [-0.4, -0.2) is 54.3 Å². The number of hydrogen-bond acceptors (Lipinski definition) is 3. The molecule has 5 nitrogen and oxygen atoms in total.